The van der Waals surface area contributed by atoms with E-state index in [9.17, 15) is 14.0 Å². The average molecular weight is 345 g/mol. The van der Waals surface area contributed by atoms with E-state index in [1.807, 2.05) is 30.3 Å². The van der Waals surface area contributed by atoms with Crippen LogP contribution >= 0.6 is 0 Å². The first-order valence-electron chi connectivity index (χ1n) is 7.88. The van der Waals surface area contributed by atoms with Crippen molar-refractivity contribution < 1.29 is 23.5 Å². The Morgan fingerprint density at radius 3 is 2.44 bits per heavy atom. The van der Waals surface area contributed by atoms with Crippen LogP contribution in [0.3, 0.4) is 0 Å². The molecule has 1 amide bonds. The van der Waals surface area contributed by atoms with Gasteiger partial charge in [-0.1, -0.05) is 42.5 Å². The van der Waals surface area contributed by atoms with Crippen LogP contribution in [0.1, 0.15) is 24.4 Å². The monoisotopic (exact) mass is 345 g/mol. The fourth-order valence-corrected chi connectivity index (χ4v) is 2.27. The van der Waals surface area contributed by atoms with E-state index in [0.717, 1.165) is 5.56 Å². The van der Waals surface area contributed by atoms with E-state index in [4.69, 9.17) is 4.74 Å². The zero-order valence-corrected chi connectivity index (χ0v) is 13.9. The van der Waals surface area contributed by atoms with Crippen LogP contribution in [0.5, 0.6) is 5.75 Å². The van der Waals surface area contributed by atoms with E-state index in [-0.39, 0.29) is 31.1 Å². The van der Waals surface area contributed by atoms with Crippen molar-refractivity contribution in [2.24, 2.45) is 0 Å². The Bertz CT molecular complexity index is 706. The first kappa shape index (κ1) is 18.4. The molecule has 1 atom stereocenters. The summed E-state index contributed by atoms with van der Waals surface area (Å²) >= 11 is 0. The summed E-state index contributed by atoms with van der Waals surface area (Å²) in [6.45, 7) is 0.0342. The summed E-state index contributed by atoms with van der Waals surface area (Å²) in [5.41, 5.74) is 0.802. The molecule has 2 rings (SSSR count). The van der Waals surface area contributed by atoms with Crippen LogP contribution in [0.15, 0.2) is 54.6 Å². The van der Waals surface area contributed by atoms with Gasteiger partial charge in [-0.2, -0.15) is 0 Å². The third-order valence-electron chi connectivity index (χ3n) is 3.56. The molecule has 0 bridgehead atoms. The van der Waals surface area contributed by atoms with Crippen LogP contribution in [-0.2, 0) is 14.3 Å². The molecular weight excluding hydrogens is 325 g/mol. The van der Waals surface area contributed by atoms with E-state index < -0.39 is 17.8 Å². The van der Waals surface area contributed by atoms with Gasteiger partial charge in [0, 0.05) is 0 Å². The largest absolute Gasteiger partial charge is 0.490 e. The summed E-state index contributed by atoms with van der Waals surface area (Å²) in [5.74, 6) is -1.09. The van der Waals surface area contributed by atoms with Crippen molar-refractivity contribution >= 4 is 11.9 Å². The molecule has 0 fully saturated rings. The summed E-state index contributed by atoms with van der Waals surface area (Å²) in [6, 6.07) is 14.7. The molecular formula is C19H20FNO4. The topological polar surface area (TPSA) is 64.6 Å². The zero-order chi connectivity index (χ0) is 18.1. The molecule has 0 aromatic heterocycles. The second-order valence-electron chi connectivity index (χ2n) is 5.34. The van der Waals surface area contributed by atoms with Gasteiger partial charge >= 0.3 is 5.97 Å². The number of hydrogen-bond acceptors (Lipinski definition) is 4. The van der Waals surface area contributed by atoms with Gasteiger partial charge in [-0.05, 0) is 17.7 Å². The van der Waals surface area contributed by atoms with Gasteiger partial charge in [0.2, 0.25) is 5.91 Å². The quantitative estimate of drug-likeness (QED) is 0.747. The second kappa shape index (κ2) is 9.42. The van der Waals surface area contributed by atoms with Crippen LogP contribution < -0.4 is 10.1 Å². The van der Waals surface area contributed by atoms with Gasteiger partial charge in [0.05, 0.1) is 32.6 Å². The minimum atomic E-state index is -0.491. The second-order valence-corrected chi connectivity index (χ2v) is 5.34. The average Bonchev–Trinajstić information content (AvgIpc) is 2.63. The number of carbonyl (C=O) groups is 2. The summed E-state index contributed by atoms with van der Waals surface area (Å²) in [6.07, 6.45) is 0.0687. The minimum Gasteiger partial charge on any atom is -0.490 e. The highest BCUT2D eigenvalue weighted by atomic mass is 19.1. The molecule has 0 radical (unpaired) electrons. The molecule has 0 aliphatic carbocycles. The van der Waals surface area contributed by atoms with Gasteiger partial charge in [0.15, 0.2) is 11.6 Å². The normalized spacial score (nSPS) is 11.4. The number of rotatable bonds is 8. The molecule has 132 valence electrons. The molecule has 0 spiro atoms. The van der Waals surface area contributed by atoms with Gasteiger partial charge in [-0.3, -0.25) is 9.59 Å². The number of hydrogen-bond donors (Lipinski definition) is 1. The van der Waals surface area contributed by atoms with Crippen LogP contribution in [0, 0.1) is 5.82 Å². The number of nitrogens with one attached hydrogen (secondary N) is 1. The summed E-state index contributed by atoms with van der Waals surface area (Å²) in [4.78, 5) is 23.7. The predicted molar refractivity (Wildman–Crippen MR) is 90.5 cm³/mol. The summed E-state index contributed by atoms with van der Waals surface area (Å²) in [7, 11) is 1.30. The third-order valence-corrected chi connectivity index (χ3v) is 3.56. The van der Waals surface area contributed by atoms with E-state index in [2.05, 4.69) is 10.1 Å². The maximum atomic E-state index is 13.5. The smallest absolute Gasteiger partial charge is 0.307 e. The van der Waals surface area contributed by atoms with Gasteiger partial charge in [-0.15, -0.1) is 0 Å². The lowest BCUT2D eigenvalue weighted by Crippen LogP contribution is -2.31. The van der Waals surface area contributed by atoms with Crippen LogP contribution in [-0.4, -0.2) is 25.6 Å². The standard InChI is InChI=1S/C19H20FNO4/c1-24-19(23)13-16(14-7-3-2-4-8-14)21-18(22)11-12-25-17-10-6-5-9-15(17)20/h2-10,16H,11-13H2,1H3,(H,21,22). The van der Waals surface area contributed by atoms with E-state index >= 15 is 0 Å². The Kier molecular flexibility index (Phi) is 6.95. The third kappa shape index (κ3) is 5.91. The molecule has 0 aliphatic rings. The molecule has 0 heterocycles. The molecule has 2 aromatic rings. The van der Waals surface area contributed by atoms with Crippen molar-refractivity contribution in [3.8, 4) is 5.75 Å². The van der Waals surface area contributed by atoms with Crippen molar-refractivity contribution in [2.75, 3.05) is 13.7 Å². The fourth-order valence-electron chi connectivity index (χ4n) is 2.27. The highest BCUT2D eigenvalue weighted by Crippen LogP contribution is 2.18. The number of benzene rings is 2. The van der Waals surface area contributed by atoms with E-state index in [1.165, 1.54) is 19.2 Å². The Morgan fingerprint density at radius 1 is 1.08 bits per heavy atom. The minimum absolute atomic E-state index is 0.0282. The maximum Gasteiger partial charge on any atom is 0.307 e. The number of ether oxygens (including phenoxy) is 2. The van der Waals surface area contributed by atoms with Crippen molar-refractivity contribution in [2.45, 2.75) is 18.9 Å². The molecule has 6 heteroatoms. The van der Waals surface area contributed by atoms with E-state index in [0.29, 0.717) is 0 Å². The van der Waals surface area contributed by atoms with E-state index in [1.54, 1.807) is 12.1 Å². The molecule has 5 nitrogen and oxygen atoms in total. The molecule has 25 heavy (non-hydrogen) atoms. The number of halogens is 1. The lowest BCUT2D eigenvalue weighted by Gasteiger charge is -2.18. The molecule has 0 aliphatic heterocycles. The van der Waals surface area contributed by atoms with Gasteiger partial charge in [0.25, 0.3) is 0 Å². The highest BCUT2D eigenvalue weighted by molar-refractivity contribution is 5.78. The van der Waals surface area contributed by atoms with Gasteiger partial charge in [0.1, 0.15) is 0 Å². The number of esters is 1. The molecule has 2 aromatic carbocycles. The molecule has 0 saturated heterocycles. The maximum absolute atomic E-state index is 13.5. The van der Waals surface area contributed by atoms with Gasteiger partial charge in [-0.25, -0.2) is 4.39 Å². The summed E-state index contributed by atoms with van der Waals surface area (Å²) in [5, 5.41) is 2.79. The Morgan fingerprint density at radius 2 is 1.76 bits per heavy atom. The zero-order valence-electron chi connectivity index (χ0n) is 13.9. The molecule has 1 unspecified atom stereocenters. The van der Waals surface area contributed by atoms with Gasteiger partial charge < -0.3 is 14.8 Å². The lowest BCUT2D eigenvalue weighted by atomic mass is 10.0. The van der Waals surface area contributed by atoms with Crippen molar-refractivity contribution in [3.05, 3.63) is 66.0 Å². The Balaban J connectivity index is 1.90. The SMILES string of the molecule is COC(=O)CC(NC(=O)CCOc1ccccc1F)c1ccccc1. The molecule has 0 saturated carbocycles. The predicted octanol–water partition coefficient (Wildman–Crippen LogP) is 3.02. The Labute approximate surface area is 145 Å². The first-order valence-corrected chi connectivity index (χ1v) is 7.88. The summed E-state index contributed by atoms with van der Waals surface area (Å²) < 4.78 is 23.4. The van der Waals surface area contributed by atoms with Crippen molar-refractivity contribution in [1.82, 2.24) is 5.32 Å². The number of para-hydroxylation sites is 1. The number of carbonyl (C=O) groups excluding carboxylic acids is 2. The Hall–Kier alpha value is -2.89. The highest BCUT2D eigenvalue weighted by Gasteiger charge is 2.18. The molecule has 1 N–H and O–H groups in total. The van der Waals surface area contributed by atoms with Crippen LogP contribution in [0.25, 0.3) is 0 Å². The van der Waals surface area contributed by atoms with Crippen molar-refractivity contribution in [3.63, 3.8) is 0 Å². The first-order chi connectivity index (χ1) is 12.1. The van der Waals surface area contributed by atoms with Crippen LogP contribution in [0.4, 0.5) is 4.39 Å². The lowest BCUT2D eigenvalue weighted by molar-refractivity contribution is -0.141. The number of amides is 1. The van der Waals surface area contributed by atoms with Crippen LogP contribution in [0.2, 0.25) is 0 Å². The number of methoxy groups -OCH3 is 1. The fraction of sp³-hybridized carbons (Fsp3) is 0.263. The van der Waals surface area contributed by atoms with Crippen molar-refractivity contribution in [1.29, 1.82) is 0 Å².